The van der Waals surface area contributed by atoms with Crippen molar-refractivity contribution >= 4 is 29.3 Å². The van der Waals surface area contributed by atoms with E-state index in [0.29, 0.717) is 22.7 Å². The summed E-state index contributed by atoms with van der Waals surface area (Å²) in [6.07, 6.45) is 2.42. The molecule has 1 fully saturated rings. The highest BCUT2D eigenvalue weighted by atomic mass is 32.2. The fourth-order valence-corrected chi connectivity index (χ4v) is 2.35. The summed E-state index contributed by atoms with van der Waals surface area (Å²) in [7, 11) is 0. The Balaban J connectivity index is 1.81. The number of aromatic nitrogens is 2. The van der Waals surface area contributed by atoms with Gasteiger partial charge in [-0.1, -0.05) is 11.8 Å². The summed E-state index contributed by atoms with van der Waals surface area (Å²) in [6.45, 7) is 2.04. The molecule has 98 valence electrons. The second-order valence-electron chi connectivity index (χ2n) is 4.48. The lowest BCUT2D eigenvalue weighted by Gasteiger charge is -2.12. The van der Waals surface area contributed by atoms with Crippen LogP contribution in [0.25, 0.3) is 0 Å². The van der Waals surface area contributed by atoms with Crippen molar-refractivity contribution in [1.82, 2.24) is 15.3 Å². The molecule has 1 unspecified atom stereocenters. The largest absolute Gasteiger partial charge is 0.383 e. The quantitative estimate of drug-likeness (QED) is 0.534. The van der Waals surface area contributed by atoms with Crippen LogP contribution < -0.4 is 16.8 Å². The minimum Gasteiger partial charge on any atom is -0.383 e. The average molecular weight is 267 g/mol. The van der Waals surface area contributed by atoms with Gasteiger partial charge in [0.1, 0.15) is 11.6 Å². The molecule has 0 saturated heterocycles. The molecule has 5 N–H and O–H groups in total. The van der Waals surface area contributed by atoms with Gasteiger partial charge in [0.25, 0.3) is 0 Å². The van der Waals surface area contributed by atoms with E-state index in [4.69, 9.17) is 11.5 Å². The summed E-state index contributed by atoms with van der Waals surface area (Å²) in [5.74, 6) is 1.55. The van der Waals surface area contributed by atoms with E-state index in [-0.39, 0.29) is 17.7 Å². The van der Waals surface area contributed by atoms with E-state index in [1.165, 1.54) is 30.7 Å². The zero-order valence-electron chi connectivity index (χ0n) is 10.2. The molecule has 0 aromatic carbocycles. The predicted molar refractivity (Wildman–Crippen MR) is 71.9 cm³/mol. The zero-order valence-corrected chi connectivity index (χ0v) is 11.0. The maximum absolute atomic E-state index is 11.7. The minimum absolute atomic E-state index is 0.0102. The Hall–Kier alpha value is -1.50. The van der Waals surface area contributed by atoms with Crippen LogP contribution >= 0.6 is 11.8 Å². The number of hydrogen-bond donors (Lipinski definition) is 3. The average Bonchev–Trinajstić information content (AvgIpc) is 3.08. The molecule has 1 aliphatic carbocycles. The molecule has 1 amide bonds. The van der Waals surface area contributed by atoms with Gasteiger partial charge >= 0.3 is 0 Å². The fourth-order valence-electron chi connectivity index (χ4n) is 1.67. The molecule has 1 aromatic rings. The molecule has 7 heteroatoms. The van der Waals surface area contributed by atoms with E-state index < -0.39 is 0 Å². The first kappa shape index (κ1) is 12.9. The lowest BCUT2D eigenvalue weighted by atomic mass is 10.2. The predicted octanol–water partition coefficient (Wildman–Crippen LogP) is 0.648. The maximum Gasteiger partial charge on any atom is 0.230 e. The first-order chi connectivity index (χ1) is 8.54. The van der Waals surface area contributed by atoms with Crippen molar-refractivity contribution in [2.75, 3.05) is 17.2 Å². The zero-order chi connectivity index (χ0) is 13.1. The van der Waals surface area contributed by atoms with Crippen LogP contribution in [-0.2, 0) is 4.79 Å². The van der Waals surface area contributed by atoms with Gasteiger partial charge in [0.15, 0.2) is 5.16 Å². The van der Waals surface area contributed by atoms with Gasteiger partial charge in [0, 0.05) is 12.1 Å². The van der Waals surface area contributed by atoms with Crippen LogP contribution in [0.2, 0.25) is 0 Å². The molecular formula is C11H17N5OS. The number of nitrogens with two attached hydrogens (primary N) is 2. The third kappa shape index (κ3) is 3.76. The fraction of sp³-hybridized carbons (Fsp3) is 0.545. The molecule has 0 bridgehead atoms. The van der Waals surface area contributed by atoms with Gasteiger partial charge in [-0.25, -0.2) is 9.97 Å². The standard InChI is InChI=1S/C11H17N5OS/c1-6(7-2-3-7)14-10(17)5-18-11-15-8(12)4-9(13)16-11/h4,6-7H,2-3,5H2,1H3,(H,14,17)(H4,12,13,15,16). The number of amides is 1. The van der Waals surface area contributed by atoms with Gasteiger partial charge in [0.2, 0.25) is 5.91 Å². The summed E-state index contributed by atoms with van der Waals surface area (Å²) in [4.78, 5) is 19.7. The molecule has 18 heavy (non-hydrogen) atoms. The van der Waals surface area contributed by atoms with Crippen molar-refractivity contribution in [2.45, 2.75) is 31.0 Å². The second-order valence-corrected chi connectivity index (χ2v) is 5.43. The van der Waals surface area contributed by atoms with E-state index in [9.17, 15) is 4.79 Å². The first-order valence-electron chi connectivity index (χ1n) is 5.87. The molecule has 1 heterocycles. The van der Waals surface area contributed by atoms with Crippen LogP contribution in [-0.4, -0.2) is 27.7 Å². The van der Waals surface area contributed by atoms with Gasteiger partial charge in [-0.3, -0.25) is 4.79 Å². The van der Waals surface area contributed by atoms with Gasteiger partial charge in [-0.05, 0) is 25.7 Å². The Kier molecular flexibility index (Phi) is 3.90. The van der Waals surface area contributed by atoms with Crippen LogP contribution in [0.4, 0.5) is 11.6 Å². The molecule has 0 spiro atoms. The molecule has 1 saturated carbocycles. The van der Waals surface area contributed by atoms with E-state index in [2.05, 4.69) is 15.3 Å². The van der Waals surface area contributed by atoms with Crippen LogP contribution in [0.3, 0.4) is 0 Å². The Morgan fingerprint density at radius 1 is 1.50 bits per heavy atom. The summed E-state index contributed by atoms with van der Waals surface area (Å²) in [5.41, 5.74) is 11.1. The number of rotatable bonds is 5. The number of nitrogens with one attached hydrogen (secondary N) is 1. The van der Waals surface area contributed by atoms with E-state index in [0.717, 1.165) is 0 Å². The minimum atomic E-state index is -0.0102. The monoisotopic (exact) mass is 267 g/mol. The van der Waals surface area contributed by atoms with E-state index in [1.807, 2.05) is 6.92 Å². The maximum atomic E-state index is 11.7. The third-order valence-electron chi connectivity index (χ3n) is 2.80. The Morgan fingerprint density at radius 2 is 2.11 bits per heavy atom. The van der Waals surface area contributed by atoms with Gasteiger partial charge in [0.05, 0.1) is 5.75 Å². The first-order valence-corrected chi connectivity index (χ1v) is 6.85. The summed E-state index contributed by atoms with van der Waals surface area (Å²) >= 11 is 1.24. The molecule has 0 radical (unpaired) electrons. The Morgan fingerprint density at radius 3 is 2.67 bits per heavy atom. The highest BCUT2D eigenvalue weighted by Gasteiger charge is 2.28. The molecule has 2 rings (SSSR count). The smallest absolute Gasteiger partial charge is 0.230 e. The topological polar surface area (TPSA) is 107 Å². The Labute approximate surface area is 110 Å². The van der Waals surface area contributed by atoms with Crippen LogP contribution in [0, 0.1) is 5.92 Å². The van der Waals surface area contributed by atoms with Gasteiger partial charge in [-0.15, -0.1) is 0 Å². The van der Waals surface area contributed by atoms with Gasteiger partial charge in [-0.2, -0.15) is 0 Å². The van der Waals surface area contributed by atoms with Crippen LogP contribution in [0.5, 0.6) is 0 Å². The van der Waals surface area contributed by atoms with Crippen molar-refractivity contribution in [3.8, 4) is 0 Å². The second kappa shape index (κ2) is 5.43. The Bertz CT molecular complexity index is 429. The van der Waals surface area contributed by atoms with Crippen molar-refractivity contribution in [2.24, 2.45) is 5.92 Å². The number of nitrogens with zero attached hydrogens (tertiary/aromatic N) is 2. The molecule has 1 aliphatic rings. The normalized spacial score (nSPS) is 16.3. The van der Waals surface area contributed by atoms with Crippen molar-refractivity contribution in [3.05, 3.63) is 6.07 Å². The SMILES string of the molecule is CC(NC(=O)CSc1nc(N)cc(N)n1)C1CC1. The van der Waals surface area contributed by atoms with Crippen LogP contribution in [0.15, 0.2) is 11.2 Å². The number of nitrogen functional groups attached to an aromatic ring is 2. The van der Waals surface area contributed by atoms with Gasteiger partial charge < -0.3 is 16.8 Å². The number of anilines is 2. The number of carbonyl (C=O) groups excluding carboxylic acids is 1. The lowest BCUT2D eigenvalue weighted by Crippen LogP contribution is -2.35. The molecule has 1 atom stereocenters. The molecule has 0 aliphatic heterocycles. The number of hydrogen-bond acceptors (Lipinski definition) is 6. The number of carbonyl (C=O) groups is 1. The van der Waals surface area contributed by atoms with Crippen molar-refractivity contribution < 1.29 is 4.79 Å². The lowest BCUT2D eigenvalue weighted by molar-refractivity contribution is -0.119. The third-order valence-corrected chi connectivity index (χ3v) is 3.64. The molecular weight excluding hydrogens is 250 g/mol. The highest BCUT2D eigenvalue weighted by Crippen LogP contribution is 2.32. The van der Waals surface area contributed by atoms with E-state index in [1.54, 1.807) is 0 Å². The highest BCUT2D eigenvalue weighted by molar-refractivity contribution is 7.99. The summed E-state index contributed by atoms with van der Waals surface area (Å²) in [5, 5.41) is 3.40. The van der Waals surface area contributed by atoms with Crippen LogP contribution in [0.1, 0.15) is 19.8 Å². The molecule has 6 nitrogen and oxygen atoms in total. The molecule has 1 aromatic heterocycles. The van der Waals surface area contributed by atoms with Crippen molar-refractivity contribution in [1.29, 1.82) is 0 Å². The number of thioether (sulfide) groups is 1. The van der Waals surface area contributed by atoms with E-state index >= 15 is 0 Å². The summed E-state index contributed by atoms with van der Waals surface area (Å²) in [6, 6.07) is 1.74. The van der Waals surface area contributed by atoms with Crippen molar-refractivity contribution in [3.63, 3.8) is 0 Å². The summed E-state index contributed by atoms with van der Waals surface area (Å²) < 4.78 is 0.